The number of fused-ring (bicyclic) bond motifs is 1. The molecule has 1 heterocycles. The lowest BCUT2D eigenvalue weighted by Crippen LogP contribution is -2.00. The summed E-state index contributed by atoms with van der Waals surface area (Å²) >= 11 is 5.82. The summed E-state index contributed by atoms with van der Waals surface area (Å²) in [5.74, 6) is -0.828. The van der Waals surface area contributed by atoms with Crippen LogP contribution in [0, 0.1) is 10.1 Å². The van der Waals surface area contributed by atoms with Crippen molar-refractivity contribution < 1.29 is 14.8 Å². The maximum Gasteiger partial charge on any atom is 0.337 e. The largest absolute Gasteiger partial charge is 0.478 e. The third-order valence-electron chi connectivity index (χ3n) is 3.21. The topological polar surface area (TPSA) is 118 Å². The molecule has 0 bridgehead atoms. The highest BCUT2D eigenvalue weighted by Crippen LogP contribution is 2.24. The molecule has 0 aliphatic heterocycles. The zero-order chi connectivity index (χ0) is 17.3. The first-order chi connectivity index (χ1) is 11.4. The lowest BCUT2D eigenvalue weighted by atomic mass is 10.2. The summed E-state index contributed by atoms with van der Waals surface area (Å²) in [6, 6.07) is 8.58. The van der Waals surface area contributed by atoms with Gasteiger partial charge in [-0.05, 0) is 24.3 Å². The number of nitrogens with zero attached hydrogens (tertiary/aromatic N) is 3. The average Bonchev–Trinajstić information content (AvgIpc) is 2.55. The predicted molar refractivity (Wildman–Crippen MR) is 87.9 cm³/mol. The number of aromatic carboxylic acids is 1. The molecular formula is C15H9ClN4O4. The molecule has 0 fully saturated rings. The number of nitrogens with one attached hydrogen (secondary N) is 1. The average molecular weight is 345 g/mol. The van der Waals surface area contributed by atoms with Gasteiger partial charge in [0.1, 0.15) is 5.82 Å². The minimum Gasteiger partial charge on any atom is -0.478 e. The summed E-state index contributed by atoms with van der Waals surface area (Å²) in [7, 11) is 0. The Morgan fingerprint density at radius 3 is 2.71 bits per heavy atom. The molecule has 8 nitrogen and oxygen atoms in total. The van der Waals surface area contributed by atoms with E-state index in [0.29, 0.717) is 22.5 Å². The van der Waals surface area contributed by atoms with Crippen LogP contribution < -0.4 is 5.32 Å². The highest BCUT2D eigenvalue weighted by Gasteiger charge is 2.11. The minimum atomic E-state index is -1.15. The Labute approximate surface area is 139 Å². The zero-order valence-corrected chi connectivity index (χ0v) is 12.7. The second kappa shape index (κ2) is 6.09. The van der Waals surface area contributed by atoms with E-state index in [2.05, 4.69) is 15.3 Å². The molecule has 0 atom stereocenters. The van der Waals surface area contributed by atoms with E-state index in [-0.39, 0.29) is 16.3 Å². The van der Waals surface area contributed by atoms with Crippen molar-refractivity contribution >= 4 is 45.8 Å². The SMILES string of the molecule is O=C(O)c1cc(Nc2cnc3ccc([N+](=O)[O-])cc3n2)ccc1Cl. The van der Waals surface area contributed by atoms with E-state index in [1.807, 2.05) is 0 Å². The van der Waals surface area contributed by atoms with Gasteiger partial charge in [-0.1, -0.05) is 11.6 Å². The van der Waals surface area contributed by atoms with Crippen molar-refractivity contribution in [3.63, 3.8) is 0 Å². The number of carboxylic acids is 1. The number of hydrogen-bond acceptors (Lipinski definition) is 6. The molecule has 0 aliphatic rings. The molecule has 1 aromatic heterocycles. The summed E-state index contributed by atoms with van der Waals surface area (Å²) in [5.41, 5.74) is 1.17. The highest BCUT2D eigenvalue weighted by atomic mass is 35.5. The number of carboxylic acid groups (broad SMARTS) is 1. The van der Waals surface area contributed by atoms with E-state index in [1.165, 1.54) is 36.5 Å². The molecule has 0 amide bonds. The molecule has 0 saturated carbocycles. The van der Waals surface area contributed by atoms with Crippen molar-refractivity contribution in [3.8, 4) is 0 Å². The van der Waals surface area contributed by atoms with Gasteiger partial charge in [-0.15, -0.1) is 0 Å². The Balaban J connectivity index is 1.96. The quantitative estimate of drug-likeness (QED) is 0.547. The van der Waals surface area contributed by atoms with Gasteiger partial charge in [-0.2, -0.15) is 0 Å². The zero-order valence-electron chi connectivity index (χ0n) is 11.9. The Morgan fingerprint density at radius 1 is 1.21 bits per heavy atom. The third-order valence-corrected chi connectivity index (χ3v) is 3.54. The number of hydrogen-bond donors (Lipinski definition) is 2. The number of rotatable bonds is 4. The number of non-ortho nitro benzene ring substituents is 1. The smallest absolute Gasteiger partial charge is 0.337 e. The Hall–Kier alpha value is -3.26. The monoisotopic (exact) mass is 344 g/mol. The van der Waals surface area contributed by atoms with Gasteiger partial charge < -0.3 is 10.4 Å². The van der Waals surface area contributed by atoms with Gasteiger partial charge in [0.05, 0.1) is 32.7 Å². The fraction of sp³-hybridized carbons (Fsp3) is 0. The number of aromatic nitrogens is 2. The minimum absolute atomic E-state index is 0.0500. The van der Waals surface area contributed by atoms with Gasteiger partial charge in [-0.3, -0.25) is 15.1 Å². The van der Waals surface area contributed by atoms with Crippen LogP contribution in [-0.4, -0.2) is 26.0 Å². The normalized spacial score (nSPS) is 10.5. The van der Waals surface area contributed by atoms with Crippen LogP contribution in [0.4, 0.5) is 17.2 Å². The van der Waals surface area contributed by atoms with Gasteiger partial charge in [0.2, 0.25) is 0 Å². The number of carbonyl (C=O) groups is 1. The van der Waals surface area contributed by atoms with Crippen LogP contribution in [0.15, 0.2) is 42.6 Å². The summed E-state index contributed by atoms with van der Waals surface area (Å²) in [6.07, 6.45) is 1.45. The first-order valence-corrected chi connectivity index (χ1v) is 7.03. The second-order valence-corrected chi connectivity index (χ2v) is 5.22. The molecule has 3 rings (SSSR count). The Morgan fingerprint density at radius 2 is 2.00 bits per heavy atom. The molecule has 120 valence electrons. The van der Waals surface area contributed by atoms with E-state index < -0.39 is 10.9 Å². The van der Waals surface area contributed by atoms with Crippen LogP contribution in [0.25, 0.3) is 11.0 Å². The molecule has 9 heteroatoms. The van der Waals surface area contributed by atoms with Crippen molar-refractivity contribution in [2.75, 3.05) is 5.32 Å². The molecule has 24 heavy (non-hydrogen) atoms. The molecule has 0 unspecified atom stereocenters. The first-order valence-electron chi connectivity index (χ1n) is 6.65. The van der Waals surface area contributed by atoms with E-state index in [0.717, 1.165) is 0 Å². The van der Waals surface area contributed by atoms with Crippen molar-refractivity contribution in [1.82, 2.24) is 9.97 Å². The fourth-order valence-electron chi connectivity index (χ4n) is 2.09. The number of nitro benzene ring substituents is 1. The second-order valence-electron chi connectivity index (χ2n) is 4.81. The van der Waals surface area contributed by atoms with Gasteiger partial charge in [0, 0.05) is 17.8 Å². The summed E-state index contributed by atoms with van der Waals surface area (Å²) in [4.78, 5) is 29.8. The molecule has 2 aromatic carbocycles. The third kappa shape index (κ3) is 3.08. The number of benzene rings is 2. The first kappa shape index (κ1) is 15.6. The number of anilines is 2. The lowest BCUT2D eigenvalue weighted by Gasteiger charge is -2.08. The van der Waals surface area contributed by atoms with Crippen LogP contribution in [0.5, 0.6) is 0 Å². The van der Waals surface area contributed by atoms with Crippen LogP contribution in [0.3, 0.4) is 0 Å². The van der Waals surface area contributed by atoms with Crippen molar-refractivity contribution in [2.24, 2.45) is 0 Å². The standard InChI is InChI=1S/C15H9ClN4O4/c16-11-3-1-8(5-10(11)15(21)22)18-14-7-17-12-4-2-9(20(23)24)6-13(12)19-14/h1-7H,(H,18,19)(H,21,22). The fourth-order valence-corrected chi connectivity index (χ4v) is 2.29. The molecule has 0 radical (unpaired) electrons. The van der Waals surface area contributed by atoms with Gasteiger partial charge in [0.15, 0.2) is 0 Å². The van der Waals surface area contributed by atoms with Crippen LogP contribution in [0.1, 0.15) is 10.4 Å². The summed E-state index contributed by atoms with van der Waals surface area (Å²) < 4.78 is 0. The van der Waals surface area contributed by atoms with E-state index in [9.17, 15) is 14.9 Å². The Bertz CT molecular complexity index is 977. The molecular weight excluding hydrogens is 336 g/mol. The predicted octanol–water partition coefficient (Wildman–Crippen LogP) is 3.63. The van der Waals surface area contributed by atoms with Gasteiger partial charge in [-0.25, -0.2) is 9.78 Å². The maximum atomic E-state index is 11.1. The molecule has 0 spiro atoms. The van der Waals surface area contributed by atoms with E-state index in [1.54, 1.807) is 6.07 Å². The van der Waals surface area contributed by atoms with E-state index >= 15 is 0 Å². The van der Waals surface area contributed by atoms with Crippen molar-refractivity contribution in [2.45, 2.75) is 0 Å². The van der Waals surface area contributed by atoms with E-state index in [4.69, 9.17) is 16.7 Å². The van der Waals surface area contributed by atoms with Gasteiger partial charge in [0.25, 0.3) is 5.69 Å². The molecule has 0 saturated heterocycles. The lowest BCUT2D eigenvalue weighted by molar-refractivity contribution is -0.384. The summed E-state index contributed by atoms with van der Waals surface area (Å²) in [6.45, 7) is 0. The molecule has 3 aromatic rings. The van der Waals surface area contributed by atoms with Crippen LogP contribution >= 0.6 is 11.6 Å². The highest BCUT2D eigenvalue weighted by molar-refractivity contribution is 6.33. The summed E-state index contributed by atoms with van der Waals surface area (Å²) in [5, 5.41) is 22.9. The molecule has 2 N–H and O–H groups in total. The molecule has 0 aliphatic carbocycles. The Kier molecular flexibility index (Phi) is 3.97. The van der Waals surface area contributed by atoms with Crippen molar-refractivity contribution in [1.29, 1.82) is 0 Å². The van der Waals surface area contributed by atoms with Crippen molar-refractivity contribution in [3.05, 3.63) is 63.3 Å². The maximum absolute atomic E-state index is 11.1. The van der Waals surface area contributed by atoms with Crippen LogP contribution in [0.2, 0.25) is 5.02 Å². The number of halogens is 1. The van der Waals surface area contributed by atoms with Gasteiger partial charge >= 0.3 is 5.97 Å². The van der Waals surface area contributed by atoms with Crippen LogP contribution in [-0.2, 0) is 0 Å². The number of nitro groups is 1.